The molecular formula is C15H22N2O3. The van der Waals surface area contributed by atoms with Gasteiger partial charge in [0.2, 0.25) is 5.91 Å². The van der Waals surface area contributed by atoms with Crippen LogP contribution in [0, 0.1) is 0 Å². The first kappa shape index (κ1) is 14.7. The molecule has 1 atom stereocenters. The number of hydrogen-bond acceptors (Lipinski definition) is 4. The van der Waals surface area contributed by atoms with E-state index in [0.717, 1.165) is 5.69 Å². The Morgan fingerprint density at radius 3 is 2.50 bits per heavy atom. The molecule has 2 N–H and O–H groups in total. The number of piperazine rings is 1. The van der Waals surface area contributed by atoms with Gasteiger partial charge in [-0.15, -0.1) is 0 Å². The molecule has 5 nitrogen and oxygen atoms in total. The summed E-state index contributed by atoms with van der Waals surface area (Å²) in [6.07, 6.45) is -0.716. The smallest absolute Gasteiger partial charge is 0.247 e. The average Bonchev–Trinajstić information content (AvgIpc) is 2.35. The molecule has 1 aromatic carbocycles. The molecule has 0 spiro atoms. The van der Waals surface area contributed by atoms with Crippen LogP contribution >= 0.6 is 0 Å². The molecule has 1 fully saturated rings. The molecule has 110 valence electrons. The molecule has 1 heterocycles. The van der Waals surface area contributed by atoms with Gasteiger partial charge in [0, 0.05) is 37.5 Å². The van der Waals surface area contributed by atoms with Crippen LogP contribution in [0.5, 0.6) is 5.75 Å². The number of phenols is 1. The number of hydrogen-bond donors (Lipinski definition) is 2. The molecular weight excluding hydrogens is 256 g/mol. The van der Waals surface area contributed by atoms with E-state index in [0.29, 0.717) is 18.7 Å². The van der Waals surface area contributed by atoms with Crippen LogP contribution in [0.15, 0.2) is 18.2 Å². The van der Waals surface area contributed by atoms with Crippen molar-refractivity contribution >= 4 is 11.6 Å². The molecule has 0 saturated carbocycles. The maximum absolute atomic E-state index is 12.3. The molecule has 1 amide bonds. The van der Waals surface area contributed by atoms with Crippen molar-refractivity contribution in [3.8, 4) is 5.75 Å². The Labute approximate surface area is 119 Å². The van der Waals surface area contributed by atoms with Crippen LogP contribution in [0.2, 0.25) is 0 Å². The van der Waals surface area contributed by atoms with Gasteiger partial charge < -0.3 is 20.0 Å². The van der Waals surface area contributed by atoms with Crippen LogP contribution in [-0.2, 0) is 4.79 Å². The van der Waals surface area contributed by atoms with Crippen LogP contribution in [0.4, 0.5) is 5.69 Å². The maximum atomic E-state index is 12.3. The van der Waals surface area contributed by atoms with E-state index in [2.05, 4.69) is 0 Å². The minimum absolute atomic E-state index is 0.0553. The third-order valence-corrected chi connectivity index (χ3v) is 3.98. The third kappa shape index (κ3) is 2.33. The molecule has 1 saturated heterocycles. The number of amides is 1. The molecule has 0 bridgehead atoms. The number of benzene rings is 1. The third-order valence-electron chi connectivity index (χ3n) is 3.98. The highest BCUT2D eigenvalue weighted by molar-refractivity contribution is 5.90. The first-order valence-corrected chi connectivity index (χ1v) is 6.79. The molecule has 5 heteroatoms. The van der Waals surface area contributed by atoms with Crippen molar-refractivity contribution in [2.45, 2.75) is 32.4 Å². The van der Waals surface area contributed by atoms with Crippen LogP contribution in [-0.4, -0.2) is 46.7 Å². The summed E-state index contributed by atoms with van der Waals surface area (Å²) >= 11 is 0. The Bertz CT molecular complexity index is 526. The number of aromatic hydroxyl groups is 1. The van der Waals surface area contributed by atoms with Crippen molar-refractivity contribution in [3.05, 3.63) is 23.8 Å². The summed E-state index contributed by atoms with van der Waals surface area (Å²) < 4.78 is 0. The number of carbonyl (C=O) groups is 1. The molecule has 1 aliphatic heterocycles. The lowest BCUT2D eigenvalue weighted by Crippen LogP contribution is -2.62. The zero-order valence-corrected chi connectivity index (χ0v) is 12.4. The van der Waals surface area contributed by atoms with Crippen LogP contribution in [0.25, 0.3) is 0 Å². The van der Waals surface area contributed by atoms with E-state index in [9.17, 15) is 15.0 Å². The predicted molar refractivity (Wildman–Crippen MR) is 77.8 cm³/mol. The Kier molecular flexibility index (Phi) is 3.65. The summed E-state index contributed by atoms with van der Waals surface area (Å²) in [6, 6.07) is 5.15. The Balaban J connectivity index is 2.36. The fraction of sp³-hybridized carbons (Fsp3) is 0.533. The predicted octanol–water partition coefficient (Wildman–Crippen LogP) is 1.50. The van der Waals surface area contributed by atoms with E-state index >= 15 is 0 Å². The first-order valence-electron chi connectivity index (χ1n) is 6.79. The van der Waals surface area contributed by atoms with Crippen molar-refractivity contribution < 1.29 is 15.0 Å². The molecule has 2 rings (SSSR count). The maximum Gasteiger partial charge on any atom is 0.247 e. The van der Waals surface area contributed by atoms with Crippen molar-refractivity contribution in [1.82, 2.24) is 4.90 Å². The SMILES string of the molecule is CC(O)c1ccc(N2CCN(C)C(=O)C2(C)C)cc1O. The number of likely N-dealkylation sites (N-methyl/N-ethyl adjacent to an activating group) is 1. The van der Waals surface area contributed by atoms with Gasteiger partial charge in [0.1, 0.15) is 11.3 Å². The topological polar surface area (TPSA) is 64.0 Å². The standard InChI is InChI=1S/C15H22N2O3/c1-10(18)12-6-5-11(9-13(12)19)17-8-7-16(4)14(20)15(17,2)3/h5-6,9-10,18-19H,7-8H2,1-4H3. The van der Waals surface area contributed by atoms with Gasteiger partial charge in [-0.1, -0.05) is 6.07 Å². The average molecular weight is 278 g/mol. The zero-order chi connectivity index (χ0) is 15.1. The first-order chi connectivity index (χ1) is 9.25. The van der Waals surface area contributed by atoms with Gasteiger partial charge in [-0.05, 0) is 26.8 Å². The van der Waals surface area contributed by atoms with Gasteiger partial charge in [-0.25, -0.2) is 0 Å². The zero-order valence-electron chi connectivity index (χ0n) is 12.4. The van der Waals surface area contributed by atoms with E-state index in [4.69, 9.17) is 0 Å². The molecule has 0 aliphatic carbocycles. The molecule has 1 unspecified atom stereocenters. The van der Waals surface area contributed by atoms with Gasteiger partial charge >= 0.3 is 0 Å². The van der Waals surface area contributed by atoms with E-state index < -0.39 is 11.6 Å². The van der Waals surface area contributed by atoms with E-state index in [1.807, 2.05) is 24.8 Å². The molecule has 0 aromatic heterocycles. The van der Waals surface area contributed by atoms with E-state index in [1.165, 1.54) is 0 Å². The van der Waals surface area contributed by atoms with Gasteiger partial charge in [0.15, 0.2) is 0 Å². The highest BCUT2D eigenvalue weighted by Gasteiger charge is 2.40. The molecule has 1 aliphatic rings. The monoisotopic (exact) mass is 278 g/mol. The minimum atomic E-state index is -0.716. The van der Waals surface area contributed by atoms with Gasteiger partial charge in [-0.2, -0.15) is 0 Å². The lowest BCUT2D eigenvalue weighted by molar-refractivity contribution is -0.136. The number of rotatable bonds is 2. The second-order valence-electron chi connectivity index (χ2n) is 5.86. The van der Waals surface area contributed by atoms with Crippen LogP contribution in [0.1, 0.15) is 32.4 Å². The van der Waals surface area contributed by atoms with Gasteiger partial charge in [0.05, 0.1) is 6.10 Å². The van der Waals surface area contributed by atoms with Crippen LogP contribution in [0.3, 0.4) is 0 Å². The minimum Gasteiger partial charge on any atom is -0.507 e. The Hall–Kier alpha value is -1.75. The summed E-state index contributed by atoms with van der Waals surface area (Å²) in [6.45, 7) is 6.73. The fourth-order valence-corrected chi connectivity index (χ4v) is 2.72. The van der Waals surface area contributed by atoms with Gasteiger partial charge in [0.25, 0.3) is 0 Å². The summed E-state index contributed by atoms with van der Waals surface area (Å²) in [7, 11) is 1.80. The Morgan fingerprint density at radius 2 is 1.95 bits per heavy atom. The highest BCUT2D eigenvalue weighted by atomic mass is 16.3. The fourth-order valence-electron chi connectivity index (χ4n) is 2.72. The highest BCUT2D eigenvalue weighted by Crippen LogP contribution is 2.33. The normalized spacial score (nSPS) is 20.1. The van der Waals surface area contributed by atoms with Gasteiger partial charge in [-0.3, -0.25) is 4.79 Å². The summed E-state index contributed by atoms with van der Waals surface area (Å²) in [5.41, 5.74) is 0.636. The van der Waals surface area contributed by atoms with Crippen molar-refractivity contribution in [3.63, 3.8) is 0 Å². The lowest BCUT2D eigenvalue weighted by Gasteiger charge is -2.46. The van der Waals surface area contributed by atoms with E-state index in [1.54, 1.807) is 31.0 Å². The quantitative estimate of drug-likeness (QED) is 0.860. The van der Waals surface area contributed by atoms with Crippen molar-refractivity contribution in [1.29, 1.82) is 0 Å². The summed E-state index contributed by atoms with van der Waals surface area (Å²) in [4.78, 5) is 16.0. The van der Waals surface area contributed by atoms with Crippen molar-refractivity contribution in [2.24, 2.45) is 0 Å². The number of aliphatic hydroxyl groups is 1. The number of anilines is 1. The molecule has 1 aromatic rings. The number of aliphatic hydroxyl groups excluding tert-OH is 1. The second kappa shape index (κ2) is 4.98. The number of nitrogens with zero attached hydrogens (tertiary/aromatic N) is 2. The summed E-state index contributed by atoms with van der Waals surface area (Å²) in [5, 5.41) is 19.5. The van der Waals surface area contributed by atoms with E-state index in [-0.39, 0.29) is 11.7 Å². The largest absolute Gasteiger partial charge is 0.507 e. The Morgan fingerprint density at radius 1 is 1.30 bits per heavy atom. The molecule has 20 heavy (non-hydrogen) atoms. The second-order valence-corrected chi connectivity index (χ2v) is 5.86. The van der Waals surface area contributed by atoms with Crippen molar-refractivity contribution in [2.75, 3.05) is 25.0 Å². The van der Waals surface area contributed by atoms with Crippen LogP contribution < -0.4 is 4.90 Å². The summed E-state index contributed by atoms with van der Waals surface area (Å²) in [5.74, 6) is 0.113. The molecule has 0 radical (unpaired) electrons. The number of carbonyl (C=O) groups excluding carboxylic acids is 1. The lowest BCUT2D eigenvalue weighted by atomic mass is 9.96. The number of phenolic OH excluding ortho intramolecular Hbond substituents is 1.